The van der Waals surface area contributed by atoms with Gasteiger partial charge in [-0.05, 0) is 49.6 Å². The average molecular weight is 525 g/mol. The summed E-state index contributed by atoms with van der Waals surface area (Å²) in [6.45, 7) is 9.23. The Bertz CT molecular complexity index is 1100. The van der Waals surface area contributed by atoms with Crippen LogP contribution in [0.4, 0.5) is 4.79 Å². The highest BCUT2D eigenvalue weighted by atomic mass is 16.6. The normalized spacial score (nSPS) is 15.1. The van der Waals surface area contributed by atoms with Gasteiger partial charge in [0.25, 0.3) is 11.8 Å². The molecular formula is C28H36N4O6. The van der Waals surface area contributed by atoms with Crippen molar-refractivity contribution in [3.63, 3.8) is 0 Å². The number of nitrogens with one attached hydrogen (secondary N) is 3. The molecule has 1 saturated heterocycles. The molecule has 1 aliphatic heterocycles. The lowest BCUT2D eigenvalue weighted by molar-refractivity contribution is -0.131. The fourth-order valence-electron chi connectivity index (χ4n) is 3.72. The van der Waals surface area contributed by atoms with E-state index in [1.165, 1.54) is 11.0 Å². The van der Waals surface area contributed by atoms with Crippen LogP contribution >= 0.6 is 0 Å². The van der Waals surface area contributed by atoms with Gasteiger partial charge in [-0.15, -0.1) is 0 Å². The number of rotatable bonds is 9. The standard InChI is InChI=1S/C28H36N4O6/c1-28(2,3)38-27(35)29-18-24(26(34)31-36)30-25(33)23-12-10-21(11-13-23)5-4-20-6-8-22(9-7-20)19-32-14-16-37-17-15-32/h4-13,24,36H,14-19H2,1-3H3,(H,29,35)(H,30,33)(H,31,34)/b5-4-/t24-/m0/s1. The Hall–Kier alpha value is -3.73. The summed E-state index contributed by atoms with van der Waals surface area (Å²) < 4.78 is 10.5. The molecule has 2 aromatic carbocycles. The van der Waals surface area contributed by atoms with Crippen LogP contribution < -0.4 is 16.1 Å². The third kappa shape index (κ3) is 9.62. The number of nitrogens with zero attached hydrogens (tertiary/aromatic N) is 1. The molecule has 0 unspecified atom stereocenters. The van der Waals surface area contributed by atoms with E-state index in [0.717, 1.165) is 44.0 Å². The zero-order valence-electron chi connectivity index (χ0n) is 22.0. The van der Waals surface area contributed by atoms with Gasteiger partial charge < -0.3 is 20.1 Å². The summed E-state index contributed by atoms with van der Waals surface area (Å²) in [7, 11) is 0. The van der Waals surface area contributed by atoms with Crippen LogP contribution in [0.5, 0.6) is 0 Å². The van der Waals surface area contributed by atoms with Gasteiger partial charge >= 0.3 is 6.09 Å². The molecule has 4 N–H and O–H groups in total. The zero-order valence-corrected chi connectivity index (χ0v) is 22.0. The van der Waals surface area contributed by atoms with Gasteiger partial charge in [-0.25, -0.2) is 10.3 Å². The van der Waals surface area contributed by atoms with Crippen molar-refractivity contribution in [1.29, 1.82) is 0 Å². The highest BCUT2D eigenvalue weighted by molar-refractivity contribution is 5.97. The number of benzene rings is 2. The molecule has 0 radical (unpaired) electrons. The van der Waals surface area contributed by atoms with E-state index < -0.39 is 29.6 Å². The van der Waals surface area contributed by atoms with E-state index >= 15 is 0 Å². The van der Waals surface area contributed by atoms with Crippen LogP contribution in [0, 0.1) is 0 Å². The van der Waals surface area contributed by atoms with Crippen LogP contribution in [-0.2, 0) is 20.8 Å². The molecule has 204 valence electrons. The van der Waals surface area contributed by atoms with Crippen molar-refractivity contribution >= 4 is 30.1 Å². The number of carbonyl (C=O) groups excluding carboxylic acids is 3. The van der Waals surface area contributed by atoms with E-state index in [0.29, 0.717) is 5.56 Å². The SMILES string of the molecule is CC(C)(C)OC(=O)NC[C@H](NC(=O)c1ccc(/C=C\c2ccc(CN3CCOCC3)cc2)cc1)C(=O)NO. The van der Waals surface area contributed by atoms with Crippen molar-refractivity contribution in [1.82, 2.24) is 21.0 Å². The summed E-state index contributed by atoms with van der Waals surface area (Å²) in [5.74, 6) is -1.40. The molecule has 0 bridgehead atoms. The largest absolute Gasteiger partial charge is 0.444 e. The quantitative estimate of drug-likeness (QED) is 0.226. The van der Waals surface area contributed by atoms with Gasteiger partial charge in [0.05, 0.1) is 19.8 Å². The number of morpholine rings is 1. The Morgan fingerprint density at radius 2 is 1.58 bits per heavy atom. The minimum absolute atomic E-state index is 0.265. The lowest BCUT2D eigenvalue weighted by Gasteiger charge is -2.26. The maximum atomic E-state index is 12.7. The molecule has 2 aromatic rings. The first kappa shape index (κ1) is 28.8. The lowest BCUT2D eigenvalue weighted by atomic mass is 10.1. The monoisotopic (exact) mass is 524 g/mol. The maximum Gasteiger partial charge on any atom is 0.407 e. The molecule has 1 atom stereocenters. The predicted molar refractivity (Wildman–Crippen MR) is 143 cm³/mol. The first-order chi connectivity index (χ1) is 18.1. The third-order valence-electron chi connectivity index (χ3n) is 5.71. The van der Waals surface area contributed by atoms with Crippen molar-refractivity contribution in [3.8, 4) is 0 Å². The van der Waals surface area contributed by atoms with Crippen LogP contribution in [0.2, 0.25) is 0 Å². The van der Waals surface area contributed by atoms with Crippen LogP contribution in [0.3, 0.4) is 0 Å². The first-order valence-electron chi connectivity index (χ1n) is 12.5. The summed E-state index contributed by atoms with van der Waals surface area (Å²) in [4.78, 5) is 38.9. The Labute approximate surface area is 223 Å². The van der Waals surface area contributed by atoms with E-state index in [-0.39, 0.29) is 6.54 Å². The van der Waals surface area contributed by atoms with Crippen molar-refractivity contribution < 1.29 is 29.1 Å². The minimum atomic E-state index is -1.20. The number of hydrogen-bond acceptors (Lipinski definition) is 7. The Morgan fingerprint density at radius 3 is 2.13 bits per heavy atom. The molecule has 0 aromatic heterocycles. The van der Waals surface area contributed by atoms with Gasteiger partial charge in [0.2, 0.25) is 0 Å². The van der Waals surface area contributed by atoms with Crippen LogP contribution in [-0.4, -0.2) is 72.5 Å². The number of amides is 3. The number of alkyl carbamates (subject to hydrolysis) is 1. The molecule has 0 spiro atoms. The van der Waals surface area contributed by atoms with Gasteiger partial charge in [0.1, 0.15) is 11.6 Å². The first-order valence-corrected chi connectivity index (χ1v) is 12.5. The highest BCUT2D eigenvalue weighted by Gasteiger charge is 2.23. The predicted octanol–water partition coefficient (Wildman–Crippen LogP) is 2.82. The fraction of sp³-hybridized carbons (Fsp3) is 0.393. The minimum Gasteiger partial charge on any atom is -0.444 e. The summed E-state index contributed by atoms with van der Waals surface area (Å²) >= 11 is 0. The highest BCUT2D eigenvalue weighted by Crippen LogP contribution is 2.13. The second-order valence-corrected chi connectivity index (χ2v) is 9.97. The Kier molecular flexibility index (Phi) is 10.4. The van der Waals surface area contributed by atoms with E-state index in [9.17, 15) is 14.4 Å². The number of carbonyl (C=O) groups is 3. The summed E-state index contributed by atoms with van der Waals surface area (Å²) in [5, 5.41) is 13.9. The molecule has 1 heterocycles. The summed E-state index contributed by atoms with van der Waals surface area (Å²) in [6, 6.07) is 14.0. The van der Waals surface area contributed by atoms with Crippen molar-refractivity contribution in [2.75, 3.05) is 32.8 Å². The molecule has 0 saturated carbocycles. The van der Waals surface area contributed by atoms with Gasteiger partial charge in [-0.3, -0.25) is 19.7 Å². The number of hydrogen-bond donors (Lipinski definition) is 4. The number of hydroxylamine groups is 1. The van der Waals surface area contributed by atoms with E-state index in [2.05, 4.69) is 39.8 Å². The van der Waals surface area contributed by atoms with Crippen molar-refractivity contribution in [2.24, 2.45) is 0 Å². The lowest BCUT2D eigenvalue weighted by Crippen LogP contribution is -2.52. The van der Waals surface area contributed by atoms with E-state index in [1.807, 2.05) is 12.2 Å². The summed E-state index contributed by atoms with van der Waals surface area (Å²) in [6.07, 6.45) is 3.20. The molecule has 0 aliphatic carbocycles. The van der Waals surface area contributed by atoms with Gasteiger partial charge in [-0.1, -0.05) is 48.6 Å². The van der Waals surface area contributed by atoms with Gasteiger partial charge in [0, 0.05) is 25.2 Å². The van der Waals surface area contributed by atoms with Gasteiger partial charge in [0.15, 0.2) is 0 Å². The molecule has 38 heavy (non-hydrogen) atoms. The molecule has 10 heteroatoms. The maximum absolute atomic E-state index is 12.7. The third-order valence-corrected chi connectivity index (χ3v) is 5.71. The second kappa shape index (κ2) is 13.7. The molecule has 10 nitrogen and oxygen atoms in total. The van der Waals surface area contributed by atoms with Crippen molar-refractivity contribution in [2.45, 2.75) is 39.0 Å². The fourth-order valence-corrected chi connectivity index (χ4v) is 3.72. The second-order valence-electron chi connectivity index (χ2n) is 9.97. The topological polar surface area (TPSA) is 129 Å². The molecule has 1 aliphatic rings. The van der Waals surface area contributed by atoms with Gasteiger partial charge in [-0.2, -0.15) is 0 Å². The zero-order chi connectivity index (χ0) is 27.5. The average Bonchev–Trinajstić information content (AvgIpc) is 2.90. The Balaban J connectivity index is 1.53. The smallest absolute Gasteiger partial charge is 0.407 e. The van der Waals surface area contributed by atoms with E-state index in [4.69, 9.17) is 14.7 Å². The number of ether oxygens (including phenoxy) is 2. The van der Waals surface area contributed by atoms with Crippen LogP contribution in [0.25, 0.3) is 12.2 Å². The Morgan fingerprint density at radius 1 is 1.00 bits per heavy atom. The van der Waals surface area contributed by atoms with Crippen molar-refractivity contribution in [3.05, 3.63) is 70.8 Å². The van der Waals surface area contributed by atoms with Crippen LogP contribution in [0.1, 0.15) is 47.8 Å². The molecule has 3 rings (SSSR count). The van der Waals surface area contributed by atoms with E-state index in [1.54, 1.807) is 45.0 Å². The van der Waals surface area contributed by atoms with Crippen LogP contribution in [0.15, 0.2) is 48.5 Å². The molecule has 1 fully saturated rings. The summed E-state index contributed by atoms with van der Waals surface area (Å²) in [5.41, 5.74) is 4.32. The molecular weight excluding hydrogens is 488 g/mol. The molecule has 3 amide bonds.